The summed E-state index contributed by atoms with van der Waals surface area (Å²) in [6.07, 6.45) is 3.52. The molecule has 5 nitrogen and oxygen atoms in total. The normalized spacial score (nSPS) is 16.1. The summed E-state index contributed by atoms with van der Waals surface area (Å²) in [5.41, 5.74) is 1.74. The molecular formula is C16H20N4O. The Bertz CT molecular complexity index is 583. The van der Waals surface area contributed by atoms with E-state index in [2.05, 4.69) is 21.8 Å². The first-order chi connectivity index (χ1) is 10.3. The Morgan fingerprint density at radius 2 is 1.90 bits per heavy atom. The van der Waals surface area contributed by atoms with Crippen LogP contribution >= 0.6 is 0 Å². The van der Waals surface area contributed by atoms with Crippen LogP contribution in [0.2, 0.25) is 0 Å². The largest absolute Gasteiger partial charge is 0.345 e. The lowest BCUT2D eigenvalue weighted by atomic mass is 10.1. The fourth-order valence-electron chi connectivity index (χ4n) is 2.64. The third kappa shape index (κ3) is 2.97. The van der Waals surface area contributed by atoms with Crippen molar-refractivity contribution < 1.29 is 4.79 Å². The predicted octanol–water partition coefficient (Wildman–Crippen LogP) is 1.85. The fraction of sp³-hybridized carbons (Fsp3) is 0.375. The van der Waals surface area contributed by atoms with E-state index in [9.17, 15) is 4.79 Å². The number of carbonyl (C=O) groups is 1. The highest BCUT2D eigenvalue weighted by Crippen LogP contribution is 2.16. The van der Waals surface area contributed by atoms with Gasteiger partial charge in [-0.05, 0) is 18.7 Å². The summed E-state index contributed by atoms with van der Waals surface area (Å²) in [5, 5.41) is 0. The molecule has 0 saturated carbocycles. The minimum absolute atomic E-state index is 0.122. The molecule has 0 unspecified atom stereocenters. The molecule has 0 spiro atoms. The van der Waals surface area contributed by atoms with Crippen LogP contribution in [0.4, 0.5) is 0 Å². The molecule has 5 heteroatoms. The standard InChI is InChI=1S/C16H20N4O/c1-2-19-9-11-20(12-10-19)16(21)14-5-3-13(4-6-14)15-17-7-8-18-15/h3-8H,2,9-12H2,1H3,(H,17,18). The highest BCUT2D eigenvalue weighted by molar-refractivity contribution is 5.94. The van der Waals surface area contributed by atoms with Gasteiger partial charge in [0, 0.05) is 49.7 Å². The number of amides is 1. The number of nitrogens with zero attached hydrogens (tertiary/aromatic N) is 3. The second-order valence-electron chi connectivity index (χ2n) is 5.24. The summed E-state index contributed by atoms with van der Waals surface area (Å²) < 4.78 is 0. The Morgan fingerprint density at radius 1 is 1.19 bits per heavy atom. The van der Waals surface area contributed by atoms with Crippen LogP contribution in [0.3, 0.4) is 0 Å². The van der Waals surface area contributed by atoms with Gasteiger partial charge >= 0.3 is 0 Å². The lowest BCUT2D eigenvalue weighted by molar-refractivity contribution is 0.0643. The summed E-state index contributed by atoms with van der Waals surface area (Å²) in [7, 11) is 0. The molecule has 1 aromatic heterocycles. The summed E-state index contributed by atoms with van der Waals surface area (Å²) >= 11 is 0. The molecule has 110 valence electrons. The number of aromatic nitrogens is 2. The van der Waals surface area contributed by atoms with Gasteiger partial charge in [-0.2, -0.15) is 0 Å². The van der Waals surface area contributed by atoms with Gasteiger partial charge in [-0.3, -0.25) is 4.79 Å². The first-order valence-corrected chi connectivity index (χ1v) is 7.39. The Hall–Kier alpha value is -2.14. The van der Waals surface area contributed by atoms with Crippen LogP contribution in [0, 0.1) is 0 Å². The van der Waals surface area contributed by atoms with Crippen molar-refractivity contribution >= 4 is 5.91 Å². The number of aromatic amines is 1. The van der Waals surface area contributed by atoms with Gasteiger partial charge in [0.1, 0.15) is 5.82 Å². The monoisotopic (exact) mass is 284 g/mol. The zero-order valence-corrected chi connectivity index (χ0v) is 12.2. The molecule has 3 rings (SSSR count). The lowest BCUT2D eigenvalue weighted by Crippen LogP contribution is -2.48. The average Bonchev–Trinajstić information content (AvgIpc) is 3.09. The quantitative estimate of drug-likeness (QED) is 0.936. The van der Waals surface area contributed by atoms with Crippen molar-refractivity contribution in [1.29, 1.82) is 0 Å². The van der Waals surface area contributed by atoms with Crippen molar-refractivity contribution in [1.82, 2.24) is 19.8 Å². The smallest absolute Gasteiger partial charge is 0.253 e. The van der Waals surface area contributed by atoms with Crippen LogP contribution in [0.5, 0.6) is 0 Å². The van der Waals surface area contributed by atoms with Crippen LogP contribution in [0.1, 0.15) is 17.3 Å². The third-order valence-electron chi connectivity index (χ3n) is 4.01. The minimum atomic E-state index is 0.122. The number of carbonyl (C=O) groups excluding carboxylic acids is 1. The molecule has 1 N–H and O–H groups in total. The number of hydrogen-bond donors (Lipinski definition) is 1. The molecular weight excluding hydrogens is 264 g/mol. The molecule has 1 aliphatic heterocycles. The summed E-state index contributed by atoms with van der Waals surface area (Å²) in [6.45, 7) is 6.77. The van der Waals surface area contributed by atoms with Crippen molar-refractivity contribution in [3.8, 4) is 11.4 Å². The fourth-order valence-corrected chi connectivity index (χ4v) is 2.64. The van der Waals surface area contributed by atoms with E-state index in [4.69, 9.17) is 0 Å². The van der Waals surface area contributed by atoms with Gasteiger partial charge in [-0.15, -0.1) is 0 Å². The number of nitrogens with one attached hydrogen (secondary N) is 1. The Labute approximate surface area is 124 Å². The maximum absolute atomic E-state index is 12.5. The maximum Gasteiger partial charge on any atom is 0.253 e. The summed E-state index contributed by atoms with van der Waals surface area (Å²) in [4.78, 5) is 24.1. The SMILES string of the molecule is CCN1CCN(C(=O)c2ccc(-c3ncc[nH]3)cc2)CC1. The maximum atomic E-state index is 12.5. The van der Waals surface area contributed by atoms with Crippen molar-refractivity contribution in [2.45, 2.75) is 6.92 Å². The van der Waals surface area contributed by atoms with E-state index in [-0.39, 0.29) is 5.91 Å². The van der Waals surface area contributed by atoms with Crippen LogP contribution in [-0.4, -0.2) is 58.4 Å². The molecule has 1 aromatic carbocycles. The molecule has 2 heterocycles. The first kappa shape index (κ1) is 13.8. The number of likely N-dealkylation sites (N-methyl/N-ethyl adjacent to an activating group) is 1. The Morgan fingerprint density at radius 3 is 2.48 bits per heavy atom. The minimum Gasteiger partial charge on any atom is -0.345 e. The van der Waals surface area contributed by atoms with Gasteiger partial charge in [-0.1, -0.05) is 19.1 Å². The van der Waals surface area contributed by atoms with Crippen LogP contribution in [-0.2, 0) is 0 Å². The van der Waals surface area contributed by atoms with Crippen LogP contribution in [0.15, 0.2) is 36.7 Å². The second kappa shape index (κ2) is 6.10. The lowest BCUT2D eigenvalue weighted by Gasteiger charge is -2.34. The Balaban J connectivity index is 1.68. The number of piperazine rings is 1. The van der Waals surface area contributed by atoms with E-state index in [1.807, 2.05) is 29.2 Å². The molecule has 0 atom stereocenters. The van der Waals surface area contributed by atoms with E-state index in [1.54, 1.807) is 12.4 Å². The Kier molecular flexibility index (Phi) is 4.01. The van der Waals surface area contributed by atoms with Gasteiger partial charge in [0.2, 0.25) is 0 Å². The van der Waals surface area contributed by atoms with Crippen molar-refractivity contribution in [3.05, 3.63) is 42.2 Å². The zero-order valence-electron chi connectivity index (χ0n) is 12.2. The van der Waals surface area contributed by atoms with Gasteiger partial charge in [0.05, 0.1) is 0 Å². The average molecular weight is 284 g/mol. The molecule has 1 fully saturated rings. The van der Waals surface area contributed by atoms with Gasteiger partial charge in [0.25, 0.3) is 5.91 Å². The van der Waals surface area contributed by atoms with E-state index in [0.717, 1.165) is 49.7 Å². The molecule has 0 bridgehead atoms. The molecule has 1 amide bonds. The summed E-state index contributed by atoms with van der Waals surface area (Å²) in [5.74, 6) is 0.947. The number of H-pyrrole nitrogens is 1. The van der Waals surface area contributed by atoms with Gasteiger partial charge in [-0.25, -0.2) is 4.98 Å². The number of imidazole rings is 1. The van der Waals surface area contributed by atoms with E-state index >= 15 is 0 Å². The van der Waals surface area contributed by atoms with Crippen molar-refractivity contribution in [2.24, 2.45) is 0 Å². The van der Waals surface area contributed by atoms with Crippen molar-refractivity contribution in [3.63, 3.8) is 0 Å². The second-order valence-corrected chi connectivity index (χ2v) is 5.24. The molecule has 0 radical (unpaired) electrons. The highest BCUT2D eigenvalue weighted by atomic mass is 16.2. The van der Waals surface area contributed by atoms with Crippen LogP contribution in [0.25, 0.3) is 11.4 Å². The number of hydrogen-bond acceptors (Lipinski definition) is 3. The number of benzene rings is 1. The highest BCUT2D eigenvalue weighted by Gasteiger charge is 2.21. The van der Waals surface area contributed by atoms with E-state index < -0.39 is 0 Å². The zero-order chi connectivity index (χ0) is 14.7. The molecule has 0 aliphatic carbocycles. The van der Waals surface area contributed by atoms with Crippen LogP contribution < -0.4 is 0 Å². The van der Waals surface area contributed by atoms with Gasteiger partial charge < -0.3 is 14.8 Å². The van der Waals surface area contributed by atoms with Crippen molar-refractivity contribution in [2.75, 3.05) is 32.7 Å². The van der Waals surface area contributed by atoms with E-state index in [0.29, 0.717) is 0 Å². The molecule has 21 heavy (non-hydrogen) atoms. The molecule has 1 aliphatic rings. The van der Waals surface area contributed by atoms with Gasteiger partial charge in [0.15, 0.2) is 0 Å². The van der Waals surface area contributed by atoms with E-state index in [1.165, 1.54) is 0 Å². The predicted molar refractivity (Wildman–Crippen MR) is 82.0 cm³/mol. The molecule has 2 aromatic rings. The summed E-state index contributed by atoms with van der Waals surface area (Å²) in [6, 6.07) is 7.64. The third-order valence-corrected chi connectivity index (χ3v) is 4.01. The molecule has 1 saturated heterocycles. The number of rotatable bonds is 3. The topological polar surface area (TPSA) is 52.2 Å². The first-order valence-electron chi connectivity index (χ1n) is 7.39.